The highest BCUT2D eigenvalue weighted by Crippen LogP contribution is 2.70. The van der Waals surface area contributed by atoms with Crippen molar-refractivity contribution in [3.05, 3.63) is 30.1 Å². The monoisotopic (exact) mass is 374 g/mol. The highest BCUT2D eigenvalue weighted by Gasteiger charge is 2.62. The molecule has 3 aliphatic rings. The molecule has 0 radical (unpaired) electrons. The van der Waals surface area contributed by atoms with Gasteiger partial charge in [-0.05, 0) is 73.6 Å². The second kappa shape index (κ2) is 7.37. The summed E-state index contributed by atoms with van der Waals surface area (Å²) in [6, 6.07) is 5.37. The van der Waals surface area contributed by atoms with E-state index in [1.54, 1.807) is 0 Å². The van der Waals surface area contributed by atoms with Gasteiger partial charge in [-0.2, -0.15) is 0 Å². The van der Waals surface area contributed by atoms with E-state index in [1.165, 1.54) is 43.5 Å². The Morgan fingerprint density at radius 1 is 1.15 bits per heavy atom. The molecule has 1 saturated heterocycles. The lowest BCUT2D eigenvalue weighted by molar-refractivity contribution is 0.164. The van der Waals surface area contributed by atoms with Crippen molar-refractivity contribution < 1.29 is 14.0 Å². The molecule has 2 unspecified atom stereocenters. The van der Waals surface area contributed by atoms with Crippen LogP contribution in [0.3, 0.4) is 0 Å². The Morgan fingerprint density at radius 3 is 2.63 bits per heavy atom. The van der Waals surface area contributed by atoms with Gasteiger partial charge in [-0.25, -0.2) is 14.0 Å². The molecule has 4 amide bonds. The molecule has 27 heavy (non-hydrogen) atoms. The zero-order valence-corrected chi connectivity index (χ0v) is 15.5. The number of benzene rings is 1. The zero-order valence-electron chi connectivity index (χ0n) is 15.5. The minimum atomic E-state index is -0.337. The van der Waals surface area contributed by atoms with E-state index in [-0.39, 0.29) is 23.8 Å². The maximum atomic E-state index is 12.9. The summed E-state index contributed by atoms with van der Waals surface area (Å²) in [5.41, 5.74) is 1.16. The van der Waals surface area contributed by atoms with Crippen LogP contribution in [0.15, 0.2) is 24.3 Å². The normalized spacial score (nSPS) is 25.0. The minimum Gasteiger partial charge on any atom is -0.338 e. The second-order valence-electron chi connectivity index (χ2n) is 8.25. The van der Waals surface area contributed by atoms with Gasteiger partial charge in [0.15, 0.2) is 0 Å². The van der Waals surface area contributed by atoms with Crippen molar-refractivity contribution in [1.29, 1.82) is 0 Å². The number of piperidine rings is 1. The Kier molecular flexibility index (Phi) is 4.93. The van der Waals surface area contributed by atoms with E-state index in [4.69, 9.17) is 0 Å². The maximum Gasteiger partial charge on any atom is 0.319 e. The van der Waals surface area contributed by atoms with Crippen molar-refractivity contribution in [2.45, 2.75) is 32.1 Å². The van der Waals surface area contributed by atoms with Crippen molar-refractivity contribution in [3.63, 3.8) is 0 Å². The summed E-state index contributed by atoms with van der Waals surface area (Å²) in [6.07, 6.45) is 5.90. The molecule has 3 fully saturated rings. The lowest BCUT2D eigenvalue weighted by atomic mass is 9.98. The number of amides is 4. The molecular weight excluding hydrogens is 347 g/mol. The first-order valence-corrected chi connectivity index (χ1v) is 9.87. The number of hydrogen-bond acceptors (Lipinski definition) is 2. The summed E-state index contributed by atoms with van der Waals surface area (Å²) in [7, 11) is 0. The molecule has 2 atom stereocenters. The van der Waals surface area contributed by atoms with E-state index < -0.39 is 0 Å². The zero-order chi connectivity index (χ0) is 18.9. The molecule has 1 aromatic rings. The Morgan fingerprint density at radius 2 is 1.93 bits per heavy atom. The third kappa shape index (κ3) is 4.51. The molecule has 6 nitrogen and oxygen atoms in total. The van der Waals surface area contributed by atoms with E-state index >= 15 is 0 Å². The van der Waals surface area contributed by atoms with Gasteiger partial charge in [-0.1, -0.05) is 0 Å². The highest BCUT2D eigenvalue weighted by molar-refractivity contribution is 5.89. The van der Waals surface area contributed by atoms with Gasteiger partial charge < -0.3 is 20.9 Å². The van der Waals surface area contributed by atoms with Crippen molar-refractivity contribution in [2.24, 2.45) is 17.3 Å². The van der Waals surface area contributed by atoms with E-state index in [9.17, 15) is 14.0 Å². The Balaban J connectivity index is 1.17. The first kappa shape index (κ1) is 18.1. The number of nitrogens with zero attached hydrogens (tertiary/aromatic N) is 1. The number of anilines is 1. The summed E-state index contributed by atoms with van der Waals surface area (Å²) >= 11 is 0. The molecule has 2 aliphatic carbocycles. The van der Waals surface area contributed by atoms with Gasteiger partial charge in [-0.3, -0.25) is 0 Å². The van der Waals surface area contributed by atoms with Gasteiger partial charge in [-0.15, -0.1) is 0 Å². The van der Waals surface area contributed by atoms with Gasteiger partial charge in [0.25, 0.3) is 0 Å². The number of rotatable bonds is 5. The standard InChI is InChI=1S/C20H27FN4O2/c21-16-3-5-17(6-4-16)24-18(26)22-11-14-2-1-9-25(13-14)19(27)23-12-15-10-20(15)7-8-20/h3-6,14-15H,1-2,7-13H2,(H,23,27)(H2,22,24,26). The summed E-state index contributed by atoms with van der Waals surface area (Å²) in [6.45, 7) is 2.76. The SMILES string of the molecule is O=C(NCC1CCCN(C(=O)NCC2CC23CC3)C1)Nc1ccc(F)cc1. The molecule has 0 aromatic heterocycles. The van der Waals surface area contributed by atoms with Crippen LogP contribution in [-0.4, -0.2) is 43.1 Å². The Hall–Kier alpha value is -2.31. The average Bonchev–Trinajstić information content (AvgIpc) is 3.60. The van der Waals surface area contributed by atoms with Gasteiger partial charge in [0.05, 0.1) is 0 Å². The lowest BCUT2D eigenvalue weighted by Gasteiger charge is -2.33. The minimum absolute atomic E-state index is 0.0261. The van der Waals surface area contributed by atoms with Gasteiger partial charge >= 0.3 is 12.1 Å². The molecular formula is C20H27FN4O2. The summed E-state index contributed by atoms with van der Waals surface area (Å²) in [5, 5.41) is 8.63. The van der Waals surface area contributed by atoms with Crippen molar-refractivity contribution >= 4 is 17.7 Å². The van der Waals surface area contributed by atoms with E-state index in [2.05, 4.69) is 16.0 Å². The number of urea groups is 2. The largest absolute Gasteiger partial charge is 0.338 e. The average molecular weight is 374 g/mol. The van der Waals surface area contributed by atoms with E-state index in [0.717, 1.165) is 25.9 Å². The van der Waals surface area contributed by atoms with Crippen LogP contribution in [0.5, 0.6) is 0 Å². The van der Waals surface area contributed by atoms with Crippen LogP contribution in [0.25, 0.3) is 0 Å². The summed E-state index contributed by atoms with van der Waals surface area (Å²) in [5.74, 6) is 0.605. The predicted molar refractivity (Wildman–Crippen MR) is 101 cm³/mol. The number of nitrogens with one attached hydrogen (secondary N) is 3. The fourth-order valence-electron chi connectivity index (χ4n) is 4.18. The van der Waals surface area contributed by atoms with Crippen molar-refractivity contribution in [3.8, 4) is 0 Å². The molecule has 1 spiro atoms. The molecule has 0 bridgehead atoms. The predicted octanol–water partition coefficient (Wildman–Crippen LogP) is 3.17. The van der Waals surface area contributed by atoms with Crippen molar-refractivity contribution in [1.82, 2.24) is 15.5 Å². The molecule has 4 rings (SSSR count). The first-order valence-electron chi connectivity index (χ1n) is 9.87. The maximum absolute atomic E-state index is 12.9. The molecule has 7 heteroatoms. The van der Waals surface area contributed by atoms with Crippen LogP contribution in [-0.2, 0) is 0 Å². The highest BCUT2D eigenvalue weighted by atomic mass is 19.1. The Labute approximate surface area is 158 Å². The smallest absolute Gasteiger partial charge is 0.319 e. The van der Waals surface area contributed by atoms with Crippen LogP contribution in [0.1, 0.15) is 32.1 Å². The fraction of sp³-hybridized carbons (Fsp3) is 0.600. The number of carbonyl (C=O) groups excluding carboxylic acids is 2. The third-order valence-corrected chi connectivity index (χ3v) is 6.21. The van der Waals surface area contributed by atoms with Crippen LogP contribution in [0, 0.1) is 23.1 Å². The fourth-order valence-corrected chi connectivity index (χ4v) is 4.18. The summed E-state index contributed by atoms with van der Waals surface area (Å²) in [4.78, 5) is 26.3. The molecule has 146 valence electrons. The molecule has 1 heterocycles. The van der Waals surface area contributed by atoms with Crippen molar-refractivity contribution in [2.75, 3.05) is 31.5 Å². The van der Waals surface area contributed by atoms with E-state index in [1.807, 2.05) is 4.90 Å². The Bertz CT molecular complexity index is 704. The number of hydrogen-bond donors (Lipinski definition) is 3. The van der Waals surface area contributed by atoms with Gasteiger partial charge in [0.2, 0.25) is 0 Å². The van der Waals surface area contributed by atoms with E-state index in [0.29, 0.717) is 30.1 Å². The molecule has 1 aliphatic heterocycles. The quantitative estimate of drug-likeness (QED) is 0.741. The number of carbonyl (C=O) groups is 2. The second-order valence-corrected chi connectivity index (χ2v) is 8.25. The topological polar surface area (TPSA) is 73.5 Å². The summed E-state index contributed by atoms with van der Waals surface area (Å²) < 4.78 is 12.9. The lowest BCUT2D eigenvalue weighted by Crippen LogP contribution is -2.48. The number of halogens is 1. The van der Waals surface area contributed by atoms with Gasteiger partial charge in [0.1, 0.15) is 5.82 Å². The molecule has 1 aromatic carbocycles. The number of likely N-dealkylation sites (tertiary alicyclic amines) is 1. The third-order valence-electron chi connectivity index (χ3n) is 6.21. The van der Waals surface area contributed by atoms with Crippen LogP contribution in [0.2, 0.25) is 0 Å². The first-order chi connectivity index (χ1) is 13.0. The van der Waals surface area contributed by atoms with Crippen LogP contribution < -0.4 is 16.0 Å². The molecule has 2 saturated carbocycles. The van der Waals surface area contributed by atoms with Crippen LogP contribution >= 0.6 is 0 Å². The van der Waals surface area contributed by atoms with Gasteiger partial charge in [0, 0.05) is 31.9 Å². The molecule has 3 N–H and O–H groups in total. The van der Waals surface area contributed by atoms with Crippen LogP contribution in [0.4, 0.5) is 19.7 Å².